The predicted molar refractivity (Wildman–Crippen MR) is 65.8 cm³/mol. The number of aryl methyl sites for hydroxylation is 1. The molecule has 90 valence electrons. The minimum atomic E-state index is -0.157. The lowest BCUT2D eigenvalue weighted by atomic mass is 10.3. The molecule has 0 amide bonds. The molecule has 2 aromatic heterocycles. The van der Waals surface area contributed by atoms with E-state index in [1.165, 1.54) is 11.3 Å². The number of aliphatic hydroxyl groups excluding tert-OH is 1. The van der Waals surface area contributed by atoms with Crippen molar-refractivity contribution in [1.29, 1.82) is 0 Å². The standard InChI is InChI=1S/C13H17N3O/c1-10-3-2-5-16-11(7-14-13(10)16)8-15-6-4-12(17)9-15/h2-3,5,7,12,17H,4,6,8-9H2,1H3/t12-/m1/s1. The van der Waals surface area contributed by atoms with Gasteiger partial charge in [-0.3, -0.25) is 4.90 Å². The molecule has 0 saturated carbocycles. The molecule has 0 bridgehead atoms. The fourth-order valence-corrected chi connectivity index (χ4v) is 2.50. The van der Waals surface area contributed by atoms with Crippen molar-refractivity contribution in [2.75, 3.05) is 13.1 Å². The first-order valence-electron chi connectivity index (χ1n) is 6.06. The zero-order valence-electron chi connectivity index (χ0n) is 10.0. The van der Waals surface area contributed by atoms with Gasteiger partial charge in [-0.1, -0.05) is 6.07 Å². The van der Waals surface area contributed by atoms with E-state index in [1.54, 1.807) is 0 Å². The zero-order valence-corrected chi connectivity index (χ0v) is 10.0. The van der Waals surface area contributed by atoms with Crippen molar-refractivity contribution in [2.24, 2.45) is 0 Å². The third kappa shape index (κ3) is 1.94. The molecule has 0 unspecified atom stereocenters. The lowest BCUT2D eigenvalue weighted by Gasteiger charge is -2.14. The average Bonchev–Trinajstić information content (AvgIpc) is 2.88. The largest absolute Gasteiger partial charge is 0.392 e. The molecule has 0 spiro atoms. The van der Waals surface area contributed by atoms with E-state index in [9.17, 15) is 5.11 Å². The van der Waals surface area contributed by atoms with Gasteiger partial charge in [0.1, 0.15) is 5.65 Å². The summed E-state index contributed by atoms with van der Waals surface area (Å²) in [6.45, 7) is 4.69. The summed E-state index contributed by atoms with van der Waals surface area (Å²) in [6.07, 6.45) is 4.72. The molecule has 3 rings (SSSR count). The molecule has 1 aliphatic rings. The van der Waals surface area contributed by atoms with Gasteiger partial charge in [-0.15, -0.1) is 0 Å². The van der Waals surface area contributed by atoms with E-state index in [2.05, 4.69) is 33.5 Å². The van der Waals surface area contributed by atoms with E-state index in [0.29, 0.717) is 0 Å². The Labute approximate surface area is 101 Å². The van der Waals surface area contributed by atoms with Crippen molar-refractivity contribution in [3.8, 4) is 0 Å². The number of pyridine rings is 1. The molecule has 2 aromatic rings. The van der Waals surface area contributed by atoms with Gasteiger partial charge in [0.15, 0.2) is 0 Å². The number of hydrogen-bond donors (Lipinski definition) is 1. The van der Waals surface area contributed by atoms with Crippen molar-refractivity contribution in [2.45, 2.75) is 26.0 Å². The van der Waals surface area contributed by atoms with Gasteiger partial charge in [0, 0.05) is 25.8 Å². The molecule has 1 N–H and O–H groups in total. The van der Waals surface area contributed by atoms with Crippen LogP contribution in [0.25, 0.3) is 5.65 Å². The topological polar surface area (TPSA) is 40.8 Å². The van der Waals surface area contributed by atoms with Crippen LogP contribution in [-0.4, -0.2) is 38.6 Å². The van der Waals surface area contributed by atoms with Crippen LogP contribution in [0.4, 0.5) is 0 Å². The van der Waals surface area contributed by atoms with Crippen LogP contribution >= 0.6 is 0 Å². The van der Waals surface area contributed by atoms with Crippen LogP contribution < -0.4 is 0 Å². The van der Waals surface area contributed by atoms with E-state index in [0.717, 1.165) is 31.7 Å². The van der Waals surface area contributed by atoms with Gasteiger partial charge in [0.05, 0.1) is 18.0 Å². The Balaban J connectivity index is 1.88. The minimum Gasteiger partial charge on any atom is -0.392 e. The number of fused-ring (bicyclic) bond motifs is 1. The van der Waals surface area contributed by atoms with Crippen LogP contribution in [0, 0.1) is 6.92 Å². The second-order valence-corrected chi connectivity index (χ2v) is 4.81. The quantitative estimate of drug-likeness (QED) is 0.844. The summed E-state index contributed by atoms with van der Waals surface area (Å²) >= 11 is 0. The lowest BCUT2D eigenvalue weighted by molar-refractivity contribution is 0.174. The second-order valence-electron chi connectivity index (χ2n) is 4.81. The van der Waals surface area contributed by atoms with E-state index >= 15 is 0 Å². The van der Waals surface area contributed by atoms with Gasteiger partial charge >= 0.3 is 0 Å². The first kappa shape index (κ1) is 10.7. The van der Waals surface area contributed by atoms with Crippen LogP contribution in [0.5, 0.6) is 0 Å². The van der Waals surface area contributed by atoms with Crippen molar-refractivity contribution >= 4 is 5.65 Å². The Morgan fingerprint density at radius 2 is 2.41 bits per heavy atom. The Hall–Kier alpha value is -1.39. The highest BCUT2D eigenvalue weighted by atomic mass is 16.3. The maximum absolute atomic E-state index is 9.52. The van der Waals surface area contributed by atoms with Gasteiger partial charge in [0.25, 0.3) is 0 Å². The highest BCUT2D eigenvalue weighted by molar-refractivity contribution is 5.48. The summed E-state index contributed by atoms with van der Waals surface area (Å²) in [5, 5.41) is 9.52. The van der Waals surface area contributed by atoms with Crippen LogP contribution in [-0.2, 0) is 6.54 Å². The molecule has 0 aliphatic carbocycles. The number of imidazole rings is 1. The molecular weight excluding hydrogens is 214 g/mol. The number of likely N-dealkylation sites (tertiary alicyclic amines) is 1. The lowest BCUT2D eigenvalue weighted by Crippen LogP contribution is -2.22. The first-order chi connectivity index (χ1) is 8.24. The number of aromatic nitrogens is 2. The highest BCUT2D eigenvalue weighted by Crippen LogP contribution is 2.16. The molecule has 1 fully saturated rings. The first-order valence-corrected chi connectivity index (χ1v) is 6.06. The smallest absolute Gasteiger partial charge is 0.139 e. The van der Waals surface area contributed by atoms with Gasteiger partial charge in [-0.2, -0.15) is 0 Å². The predicted octanol–water partition coefficient (Wildman–Crippen LogP) is 1.21. The van der Waals surface area contributed by atoms with E-state index in [1.807, 2.05) is 12.3 Å². The van der Waals surface area contributed by atoms with E-state index < -0.39 is 0 Å². The number of aliphatic hydroxyl groups is 1. The van der Waals surface area contributed by atoms with Crippen molar-refractivity contribution in [3.05, 3.63) is 35.8 Å². The van der Waals surface area contributed by atoms with Crippen LogP contribution in [0.1, 0.15) is 17.7 Å². The highest BCUT2D eigenvalue weighted by Gasteiger charge is 2.21. The van der Waals surface area contributed by atoms with Crippen LogP contribution in [0.3, 0.4) is 0 Å². The van der Waals surface area contributed by atoms with Crippen molar-refractivity contribution in [1.82, 2.24) is 14.3 Å². The Morgan fingerprint density at radius 3 is 3.18 bits per heavy atom. The minimum absolute atomic E-state index is 0.157. The number of nitrogens with zero attached hydrogens (tertiary/aromatic N) is 3. The average molecular weight is 231 g/mol. The molecule has 1 atom stereocenters. The fraction of sp³-hybridized carbons (Fsp3) is 0.462. The van der Waals surface area contributed by atoms with Gasteiger partial charge in [-0.05, 0) is 25.0 Å². The van der Waals surface area contributed by atoms with Crippen LogP contribution in [0.15, 0.2) is 24.5 Å². The molecule has 1 aliphatic heterocycles. The third-order valence-electron chi connectivity index (χ3n) is 3.44. The summed E-state index contributed by atoms with van der Waals surface area (Å²) in [5.41, 5.74) is 3.42. The fourth-order valence-electron chi connectivity index (χ4n) is 2.50. The summed E-state index contributed by atoms with van der Waals surface area (Å²) in [7, 11) is 0. The summed E-state index contributed by atoms with van der Waals surface area (Å²) < 4.78 is 2.14. The number of hydrogen-bond acceptors (Lipinski definition) is 3. The summed E-state index contributed by atoms with van der Waals surface area (Å²) in [6, 6.07) is 4.12. The normalized spacial score (nSPS) is 21.4. The number of rotatable bonds is 2. The van der Waals surface area contributed by atoms with Gasteiger partial charge in [0.2, 0.25) is 0 Å². The van der Waals surface area contributed by atoms with Gasteiger partial charge < -0.3 is 9.51 Å². The SMILES string of the molecule is Cc1cccn2c(CN3CC[C@@H](O)C3)cnc12. The van der Waals surface area contributed by atoms with Crippen LogP contribution in [0.2, 0.25) is 0 Å². The van der Waals surface area contributed by atoms with Crippen molar-refractivity contribution < 1.29 is 5.11 Å². The molecule has 1 saturated heterocycles. The van der Waals surface area contributed by atoms with Gasteiger partial charge in [-0.25, -0.2) is 4.98 Å². The molecular formula is C13H17N3O. The van der Waals surface area contributed by atoms with E-state index in [-0.39, 0.29) is 6.10 Å². The molecule has 4 nitrogen and oxygen atoms in total. The Bertz CT molecular complexity index is 534. The zero-order chi connectivity index (χ0) is 11.8. The monoisotopic (exact) mass is 231 g/mol. The maximum atomic E-state index is 9.52. The molecule has 3 heterocycles. The Kier molecular flexibility index (Phi) is 2.61. The van der Waals surface area contributed by atoms with E-state index in [4.69, 9.17) is 0 Å². The molecule has 4 heteroatoms. The van der Waals surface area contributed by atoms with Crippen molar-refractivity contribution in [3.63, 3.8) is 0 Å². The molecule has 17 heavy (non-hydrogen) atoms. The Morgan fingerprint density at radius 1 is 1.53 bits per heavy atom. The third-order valence-corrected chi connectivity index (χ3v) is 3.44. The maximum Gasteiger partial charge on any atom is 0.139 e. The summed E-state index contributed by atoms with van der Waals surface area (Å²) in [4.78, 5) is 6.73. The summed E-state index contributed by atoms with van der Waals surface area (Å²) in [5.74, 6) is 0. The molecule has 0 aromatic carbocycles. The molecule has 0 radical (unpaired) electrons. The second kappa shape index (κ2) is 4.13. The number of β-amino-alcohol motifs (C(OH)–C–C–N with tert-alkyl or cyclic N) is 1.